The van der Waals surface area contributed by atoms with Crippen LogP contribution in [0.5, 0.6) is 0 Å². The molecule has 19 heavy (non-hydrogen) atoms. The molecule has 0 radical (unpaired) electrons. The van der Waals surface area contributed by atoms with Crippen molar-refractivity contribution in [3.05, 3.63) is 12.2 Å². The van der Waals surface area contributed by atoms with Gasteiger partial charge in [0.15, 0.2) is 0 Å². The second-order valence-electron chi connectivity index (χ2n) is 5.19. The van der Waals surface area contributed by atoms with E-state index in [1.165, 1.54) is 6.33 Å². The van der Waals surface area contributed by atoms with E-state index < -0.39 is 5.41 Å². The summed E-state index contributed by atoms with van der Waals surface area (Å²) < 4.78 is 6.89. The lowest BCUT2D eigenvalue weighted by Gasteiger charge is -2.26. The number of carbonyl (C=O) groups excluding carboxylic acids is 1. The van der Waals surface area contributed by atoms with E-state index in [0.29, 0.717) is 6.61 Å². The number of nitrogens with one attached hydrogen (secondary N) is 1. The van der Waals surface area contributed by atoms with Crippen molar-refractivity contribution in [3.8, 4) is 0 Å². The van der Waals surface area contributed by atoms with Gasteiger partial charge in [0.1, 0.15) is 12.2 Å². The topological polar surface area (TPSA) is 69.0 Å². The molecule has 0 unspecified atom stereocenters. The fourth-order valence-electron chi connectivity index (χ4n) is 1.92. The molecule has 6 heteroatoms. The predicted octanol–water partition coefficient (Wildman–Crippen LogP) is 1.54. The minimum atomic E-state index is -0.556. The van der Waals surface area contributed by atoms with Crippen LogP contribution >= 0.6 is 0 Å². The fourth-order valence-corrected chi connectivity index (χ4v) is 1.92. The van der Waals surface area contributed by atoms with Crippen molar-refractivity contribution in [2.24, 2.45) is 5.41 Å². The number of nitrogens with zero attached hydrogens (tertiary/aromatic N) is 3. The van der Waals surface area contributed by atoms with Crippen molar-refractivity contribution in [1.82, 2.24) is 20.1 Å². The molecule has 1 N–H and O–H groups in total. The van der Waals surface area contributed by atoms with Crippen LogP contribution in [0.2, 0.25) is 0 Å². The van der Waals surface area contributed by atoms with Crippen molar-refractivity contribution in [2.75, 3.05) is 13.7 Å². The molecule has 1 amide bonds. The van der Waals surface area contributed by atoms with Gasteiger partial charge in [0.25, 0.3) is 0 Å². The van der Waals surface area contributed by atoms with Gasteiger partial charge in [-0.2, -0.15) is 5.10 Å². The van der Waals surface area contributed by atoms with E-state index in [1.807, 2.05) is 27.7 Å². The van der Waals surface area contributed by atoms with Gasteiger partial charge in [0.05, 0.1) is 18.1 Å². The Bertz CT molecular complexity index is 415. The first-order valence-electron chi connectivity index (χ1n) is 6.63. The minimum absolute atomic E-state index is 0.0353. The highest BCUT2D eigenvalue weighted by Gasteiger charge is 2.30. The van der Waals surface area contributed by atoms with Crippen LogP contribution in [0.15, 0.2) is 6.33 Å². The van der Waals surface area contributed by atoms with Crippen molar-refractivity contribution in [2.45, 2.75) is 46.7 Å². The Morgan fingerprint density at radius 1 is 1.53 bits per heavy atom. The molecule has 0 saturated carbocycles. The molecule has 0 aliphatic rings. The second kappa shape index (κ2) is 6.65. The number of hydrogen-bond donors (Lipinski definition) is 1. The lowest BCUT2D eigenvalue weighted by atomic mass is 9.93. The maximum atomic E-state index is 12.3. The van der Waals surface area contributed by atoms with Crippen LogP contribution < -0.4 is 5.32 Å². The minimum Gasteiger partial charge on any atom is -0.384 e. The maximum absolute atomic E-state index is 12.3. The van der Waals surface area contributed by atoms with Crippen LogP contribution in [-0.4, -0.2) is 34.4 Å². The van der Waals surface area contributed by atoms with Crippen molar-refractivity contribution < 1.29 is 9.53 Å². The summed E-state index contributed by atoms with van der Waals surface area (Å²) in [6.07, 6.45) is 2.29. The summed E-state index contributed by atoms with van der Waals surface area (Å²) in [6.45, 7) is 8.87. The molecule has 1 heterocycles. The zero-order valence-electron chi connectivity index (χ0n) is 12.4. The Hall–Kier alpha value is -1.43. The smallest absolute Gasteiger partial charge is 0.228 e. The number of rotatable bonds is 7. The Kier molecular flexibility index (Phi) is 5.47. The average Bonchev–Trinajstić information content (AvgIpc) is 2.83. The van der Waals surface area contributed by atoms with E-state index >= 15 is 0 Å². The van der Waals surface area contributed by atoms with Crippen LogP contribution in [-0.2, 0) is 16.1 Å². The fraction of sp³-hybridized carbons (Fsp3) is 0.769. The molecule has 0 fully saturated rings. The third-order valence-electron chi connectivity index (χ3n) is 3.09. The average molecular weight is 268 g/mol. The second-order valence-corrected chi connectivity index (χ2v) is 5.19. The van der Waals surface area contributed by atoms with Gasteiger partial charge in [-0.1, -0.05) is 6.92 Å². The van der Waals surface area contributed by atoms with Gasteiger partial charge in [-0.3, -0.25) is 4.79 Å². The van der Waals surface area contributed by atoms with Gasteiger partial charge in [-0.25, -0.2) is 9.67 Å². The van der Waals surface area contributed by atoms with E-state index in [9.17, 15) is 4.79 Å². The molecule has 108 valence electrons. The molecule has 0 aromatic carbocycles. The van der Waals surface area contributed by atoms with E-state index in [0.717, 1.165) is 18.8 Å². The van der Waals surface area contributed by atoms with E-state index in [4.69, 9.17) is 4.74 Å². The van der Waals surface area contributed by atoms with Gasteiger partial charge >= 0.3 is 0 Å². The highest BCUT2D eigenvalue weighted by atomic mass is 16.5. The molecule has 6 nitrogen and oxygen atoms in total. The molecule has 1 atom stereocenters. The largest absolute Gasteiger partial charge is 0.384 e. The maximum Gasteiger partial charge on any atom is 0.228 e. The molecular weight excluding hydrogens is 244 g/mol. The summed E-state index contributed by atoms with van der Waals surface area (Å²) in [6, 6.07) is -0.119. The van der Waals surface area contributed by atoms with Crippen molar-refractivity contribution in [1.29, 1.82) is 0 Å². The van der Waals surface area contributed by atoms with Crippen molar-refractivity contribution >= 4 is 5.91 Å². The summed E-state index contributed by atoms with van der Waals surface area (Å²) in [7, 11) is 1.60. The molecule has 0 aliphatic carbocycles. The summed E-state index contributed by atoms with van der Waals surface area (Å²) in [5.41, 5.74) is -0.556. The van der Waals surface area contributed by atoms with Crippen LogP contribution in [0.4, 0.5) is 0 Å². The highest BCUT2D eigenvalue weighted by Crippen LogP contribution is 2.20. The van der Waals surface area contributed by atoms with Gasteiger partial charge in [-0.05, 0) is 27.2 Å². The number of amides is 1. The number of aromatic nitrogens is 3. The number of carbonyl (C=O) groups is 1. The predicted molar refractivity (Wildman–Crippen MR) is 72.5 cm³/mol. The summed E-state index contributed by atoms with van der Waals surface area (Å²) in [5.74, 6) is 0.762. The molecule has 0 spiro atoms. The van der Waals surface area contributed by atoms with Crippen LogP contribution in [0, 0.1) is 5.41 Å². The summed E-state index contributed by atoms with van der Waals surface area (Å²) in [4.78, 5) is 16.5. The van der Waals surface area contributed by atoms with Gasteiger partial charge in [-0.15, -0.1) is 0 Å². The first-order valence-corrected chi connectivity index (χ1v) is 6.63. The number of hydrogen-bond acceptors (Lipinski definition) is 4. The Labute approximate surface area is 114 Å². The van der Waals surface area contributed by atoms with Gasteiger partial charge in [0.2, 0.25) is 5.91 Å². The molecular formula is C13H24N4O2. The zero-order valence-corrected chi connectivity index (χ0v) is 12.4. The first-order chi connectivity index (χ1) is 8.96. The molecule has 0 saturated heterocycles. The standard InChI is InChI=1S/C13H24N4O2/c1-6-10(11-14-9-15-17(11)7-2)16-12(18)13(3,4)8-19-5/h9-10H,6-8H2,1-5H3,(H,16,18)/t10-/m0/s1. The first kappa shape index (κ1) is 15.6. The van der Waals surface area contributed by atoms with Crippen LogP contribution in [0.25, 0.3) is 0 Å². The lowest BCUT2D eigenvalue weighted by Crippen LogP contribution is -2.42. The molecule has 1 rings (SSSR count). The lowest BCUT2D eigenvalue weighted by molar-refractivity contribution is -0.132. The van der Waals surface area contributed by atoms with E-state index in [-0.39, 0.29) is 11.9 Å². The quantitative estimate of drug-likeness (QED) is 0.814. The third kappa shape index (κ3) is 3.76. The summed E-state index contributed by atoms with van der Waals surface area (Å²) >= 11 is 0. The van der Waals surface area contributed by atoms with Gasteiger partial charge < -0.3 is 10.1 Å². The number of methoxy groups -OCH3 is 1. The van der Waals surface area contributed by atoms with Gasteiger partial charge in [0, 0.05) is 13.7 Å². The Morgan fingerprint density at radius 2 is 2.21 bits per heavy atom. The zero-order chi connectivity index (χ0) is 14.5. The molecule has 1 aromatic rings. The molecule has 1 aromatic heterocycles. The van der Waals surface area contributed by atoms with E-state index in [1.54, 1.807) is 11.8 Å². The third-order valence-corrected chi connectivity index (χ3v) is 3.09. The number of aryl methyl sites for hydroxylation is 1. The summed E-state index contributed by atoms with van der Waals surface area (Å²) in [5, 5.41) is 7.17. The monoisotopic (exact) mass is 268 g/mol. The van der Waals surface area contributed by atoms with Crippen LogP contribution in [0.3, 0.4) is 0 Å². The normalized spacial score (nSPS) is 13.3. The molecule has 0 bridgehead atoms. The Morgan fingerprint density at radius 3 is 2.74 bits per heavy atom. The SMILES string of the molecule is CC[C@H](NC(=O)C(C)(C)COC)c1ncnn1CC. The number of ether oxygens (including phenoxy) is 1. The Balaban J connectivity index is 2.80. The highest BCUT2D eigenvalue weighted by molar-refractivity contribution is 5.82. The van der Waals surface area contributed by atoms with Crippen LogP contribution in [0.1, 0.15) is 46.0 Å². The molecule has 0 aliphatic heterocycles. The van der Waals surface area contributed by atoms with E-state index in [2.05, 4.69) is 15.4 Å². The van der Waals surface area contributed by atoms with Crippen molar-refractivity contribution in [3.63, 3.8) is 0 Å².